The second kappa shape index (κ2) is 7.47. The molecule has 0 saturated heterocycles. The van der Waals surface area contributed by atoms with E-state index in [4.69, 9.17) is 0 Å². The van der Waals surface area contributed by atoms with Gasteiger partial charge >= 0.3 is 48.4 Å². The number of hydrogen-bond donors (Lipinski definition) is 0. The Hall–Kier alpha value is -2.06. The standard InChI is InChI=1S/C11F20O2/c12-4(13,6(16,17)10(26,27)28)1(32)3(8(20,21)22,9(23,24)25)2(33)5(14,15)7(18,19)11(29,30)31. The molecule has 0 amide bonds. The van der Waals surface area contributed by atoms with Crippen LogP contribution in [0.3, 0.4) is 0 Å². The molecule has 0 aromatic heterocycles. The molecule has 0 radical (unpaired) electrons. The molecule has 2 nitrogen and oxygen atoms in total. The van der Waals surface area contributed by atoms with Crippen molar-refractivity contribution in [2.75, 3.05) is 0 Å². The van der Waals surface area contributed by atoms with Crippen LogP contribution in [-0.2, 0) is 9.59 Å². The summed E-state index contributed by atoms with van der Waals surface area (Å²) in [4.78, 5) is 22.2. The number of Topliss-reactive ketones (excluding diaryl/α,β-unsaturated/α-hetero) is 2. The molecule has 0 unspecified atom stereocenters. The molecule has 0 aromatic carbocycles. The number of hydrogen-bond acceptors (Lipinski definition) is 2. The number of alkyl halides is 20. The molecule has 0 bridgehead atoms. The highest BCUT2D eigenvalue weighted by Crippen LogP contribution is 2.61. The van der Waals surface area contributed by atoms with Crippen LogP contribution in [0.5, 0.6) is 0 Å². The van der Waals surface area contributed by atoms with Gasteiger partial charge < -0.3 is 0 Å². The van der Waals surface area contributed by atoms with Crippen molar-refractivity contribution in [2.24, 2.45) is 5.41 Å². The van der Waals surface area contributed by atoms with Crippen LogP contribution in [0, 0.1) is 5.41 Å². The third-order valence-electron chi connectivity index (χ3n) is 3.60. The molecule has 196 valence electrons. The topological polar surface area (TPSA) is 34.1 Å². The maximum atomic E-state index is 13.3. The summed E-state index contributed by atoms with van der Waals surface area (Å²) in [5.41, 5.74) is -8.63. The SMILES string of the molecule is O=C(C(F)(F)C(F)(F)C(F)(F)F)C(C(=O)C(F)(F)C(F)(F)C(F)(F)F)(C(F)(F)F)C(F)(F)F. The van der Waals surface area contributed by atoms with E-state index in [1.165, 1.54) is 0 Å². The molecule has 0 heterocycles. The number of halogens is 20. The fourth-order valence-electron chi connectivity index (χ4n) is 1.89. The van der Waals surface area contributed by atoms with Gasteiger partial charge in [-0.2, -0.15) is 87.8 Å². The summed E-state index contributed by atoms with van der Waals surface area (Å²) in [5, 5.41) is 0. The normalized spacial score (nSPS) is 16.1. The molecule has 0 aromatic rings. The van der Waals surface area contributed by atoms with Gasteiger partial charge in [0, 0.05) is 0 Å². The van der Waals surface area contributed by atoms with Crippen LogP contribution in [0.2, 0.25) is 0 Å². The van der Waals surface area contributed by atoms with Gasteiger partial charge in [-0.15, -0.1) is 0 Å². The van der Waals surface area contributed by atoms with Gasteiger partial charge in [0.25, 0.3) is 5.41 Å². The predicted molar refractivity (Wildman–Crippen MR) is 56.5 cm³/mol. The Morgan fingerprint density at radius 3 is 0.636 bits per heavy atom. The first-order chi connectivity index (χ1) is 13.8. The Morgan fingerprint density at radius 1 is 0.333 bits per heavy atom. The largest absolute Gasteiger partial charge is 0.460 e. The molecule has 0 saturated carbocycles. The zero-order chi connectivity index (χ0) is 27.7. The van der Waals surface area contributed by atoms with Crippen LogP contribution in [0.1, 0.15) is 0 Å². The number of ketones is 2. The van der Waals surface area contributed by atoms with Crippen molar-refractivity contribution < 1.29 is 97.4 Å². The zero-order valence-corrected chi connectivity index (χ0v) is 13.9. The minimum Gasteiger partial charge on any atom is -0.291 e. The smallest absolute Gasteiger partial charge is 0.291 e. The van der Waals surface area contributed by atoms with E-state index in [9.17, 15) is 97.4 Å². The molecule has 0 rings (SSSR count). The van der Waals surface area contributed by atoms with Crippen molar-refractivity contribution in [3.8, 4) is 0 Å². The Labute approximate surface area is 164 Å². The van der Waals surface area contributed by atoms with E-state index in [-0.39, 0.29) is 0 Å². The fourth-order valence-corrected chi connectivity index (χ4v) is 1.89. The average molecular weight is 544 g/mol. The maximum Gasteiger partial charge on any atom is 0.460 e. The maximum absolute atomic E-state index is 13.3. The van der Waals surface area contributed by atoms with Gasteiger partial charge in [-0.05, 0) is 0 Å². The molecule has 0 atom stereocenters. The highest BCUT2D eigenvalue weighted by molar-refractivity contribution is 6.14. The zero-order valence-electron chi connectivity index (χ0n) is 13.9. The van der Waals surface area contributed by atoms with Gasteiger partial charge in [0.2, 0.25) is 11.6 Å². The highest BCUT2D eigenvalue weighted by atomic mass is 19.4. The molecule has 0 spiro atoms. The van der Waals surface area contributed by atoms with Crippen molar-refractivity contribution >= 4 is 11.6 Å². The van der Waals surface area contributed by atoms with Gasteiger partial charge in [0.15, 0.2) is 0 Å². The van der Waals surface area contributed by atoms with E-state index in [2.05, 4.69) is 0 Å². The lowest BCUT2D eigenvalue weighted by molar-refractivity contribution is -0.369. The Kier molecular flexibility index (Phi) is 7.00. The van der Waals surface area contributed by atoms with E-state index in [1.54, 1.807) is 0 Å². The number of carbonyl (C=O) groups is 2. The van der Waals surface area contributed by atoms with Gasteiger partial charge in [0.05, 0.1) is 0 Å². The van der Waals surface area contributed by atoms with Gasteiger partial charge in [0.1, 0.15) is 0 Å². The average Bonchev–Trinajstić information content (AvgIpc) is 2.49. The monoisotopic (exact) mass is 544 g/mol. The lowest BCUT2D eigenvalue weighted by Gasteiger charge is -2.40. The van der Waals surface area contributed by atoms with Crippen LogP contribution in [0.15, 0.2) is 0 Å². The van der Waals surface area contributed by atoms with E-state index in [0.717, 1.165) is 0 Å². The summed E-state index contributed by atoms with van der Waals surface area (Å²) in [7, 11) is 0. The third kappa shape index (κ3) is 4.05. The molecule has 0 aliphatic rings. The molecule has 33 heavy (non-hydrogen) atoms. The van der Waals surface area contributed by atoms with E-state index in [1.807, 2.05) is 0 Å². The first-order valence-electron chi connectivity index (χ1n) is 6.69. The van der Waals surface area contributed by atoms with E-state index in [0.29, 0.717) is 0 Å². The van der Waals surface area contributed by atoms with Crippen LogP contribution in [0.25, 0.3) is 0 Å². The minimum absolute atomic E-state index is 6.15. The van der Waals surface area contributed by atoms with Crippen LogP contribution >= 0.6 is 0 Å². The van der Waals surface area contributed by atoms with Crippen LogP contribution in [0.4, 0.5) is 87.8 Å². The molecular formula is C11F20O2. The third-order valence-corrected chi connectivity index (χ3v) is 3.60. The van der Waals surface area contributed by atoms with Crippen molar-refractivity contribution in [3.63, 3.8) is 0 Å². The van der Waals surface area contributed by atoms with Gasteiger partial charge in [-0.3, -0.25) is 9.59 Å². The summed E-state index contributed by atoms with van der Waals surface area (Å²) in [6, 6.07) is 0. The Balaban J connectivity index is 7.68. The molecule has 0 aliphatic carbocycles. The van der Waals surface area contributed by atoms with Crippen molar-refractivity contribution in [1.82, 2.24) is 0 Å². The van der Waals surface area contributed by atoms with E-state index < -0.39 is 65.4 Å². The summed E-state index contributed by atoms with van der Waals surface area (Å²) in [6.07, 6.45) is -33.0. The summed E-state index contributed by atoms with van der Waals surface area (Å²) >= 11 is 0. The molecule has 22 heteroatoms. The lowest BCUT2D eigenvalue weighted by atomic mass is 9.71. The first kappa shape index (κ1) is 30.9. The Morgan fingerprint density at radius 2 is 0.515 bits per heavy atom. The summed E-state index contributed by atoms with van der Waals surface area (Å²) in [6.45, 7) is 0. The van der Waals surface area contributed by atoms with Crippen molar-refractivity contribution in [1.29, 1.82) is 0 Å². The van der Waals surface area contributed by atoms with Crippen LogP contribution < -0.4 is 0 Å². The molecule has 0 fully saturated rings. The molecule has 0 aliphatic heterocycles. The number of rotatable bonds is 6. The van der Waals surface area contributed by atoms with Gasteiger partial charge in [-0.25, -0.2) is 0 Å². The fraction of sp³-hybridized carbons (Fsp3) is 0.818. The van der Waals surface area contributed by atoms with Crippen molar-refractivity contribution in [2.45, 2.75) is 48.4 Å². The van der Waals surface area contributed by atoms with E-state index >= 15 is 0 Å². The molecule has 0 N–H and O–H groups in total. The lowest BCUT2D eigenvalue weighted by Crippen LogP contribution is -2.73. The quantitative estimate of drug-likeness (QED) is 0.309. The van der Waals surface area contributed by atoms with Gasteiger partial charge in [-0.1, -0.05) is 0 Å². The minimum atomic E-state index is -8.63. The predicted octanol–water partition coefficient (Wildman–Crippen LogP) is 5.90. The second-order valence-electron chi connectivity index (χ2n) is 5.70. The number of carbonyl (C=O) groups excluding carboxylic acids is 2. The highest BCUT2D eigenvalue weighted by Gasteiger charge is 2.93. The van der Waals surface area contributed by atoms with Crippen molar-refractivity contribution in [3.05, 3.63) is 0 Å². The summed E-state index contributed by atoms with van der Waals surface area (Å²) < 4.78 is 254. The second-order valence-corrected chi connectivity index (χ2v) is 5.70. The first-order valence-corrected chi connectivity index (χ1v) is 6.69. The summed E-state index contributed by atoms with van der Waals surface area (Å²) in [5.74, 6) is -45.9. The Bertz CT molecular complexity index is 708. The molecular weight excluding hydrogens is 544 g/mol. The van der Waals surface area contributed by atoms with Crippen LogP contribution in [-0.4, -0.2) is 60.0 Å².